The minimum Gasteiger partial charge on any atom is -0.495 e. The Morgan fingerprint density at radius 1 is 1.19 bits per heavy atom. The van der Waals surface area contributed by atoms with Crippen molar-refractivity contribution in [3.8, 4) is 17.2 Å². The number of rotatable bonds is 8. The van der Waals surface area contributed by atoms with Gasteiger partial charge in [-0.1, -0.05) is 11.6 Å². The fraction of sp³-hybridized carbons (Fsp3) is 0.263. The zero-order valence-corrected chi connectivity index (χ0v) is 15.5. The molecule has 1 amide bonds. The van der Waals surface area contributed by atoms with E-state index in [1.54, 1.807) is 43.3 Å². The number of nitrogens with one attached hydrogen (secondary N) is 1. The predicted molar refractivity (Wildman–Crippen MR) is 99.7 cm³/mol. The second-order valence-corrected chi connectivity index (χ2v) is 5.79. The van der Waals surface area contributed by atoms with Crippen LogP contribution in [0.5, 0.6) is 17.2 Å². The van der Waals surface area contributed by atoms with Gasteiger partial charge >= 0.3 is 0 Å². The lowest BCUT2D eigenvalue weighted by atomic mass is 10.2. The van der Waals surface area contributed by atoms with Crippen molar-refractivity contribution in [2.24, 2.45) is 0 Å². The summed E-state index contributed by atoms with van der Waals surface area (Å²) in [6.07, 6.45) is -0.103. The molecule has 2 aromatic rings. The number of carbonyl (C=O) groups excluding carboxylic acids is 2. The minimum atomic E-state index is -0.819. The number of halogens is 1. The summed E-state index contributed by atoms with van der Waals surface area (Å²) in [4.78, 5) is 23.4. The van der Waals surface area contributed by atoms with E-state index in [0.29, 0.717) is 46.4 Å². The van der Waals surface area contributed by atoms with Crippen LogP contribution in [-0.4, -0.2) is 32.0 Å². The maximum absolute atomic E-state index is 12.5. The number of benzene rings is 2. The van der Waals surface area contributed by atoms with Crippen molar-refractivity contribution in [2.45, 2.75) is 20.0 Å². The van der Waals surface area contributed by atoms with Crippen LogP contribution in [0.2, 0.25) is 5.02 Å². The summed E-state index contributed by atoms with van der Waals surface area (Å²) in [5.41, 5.74) is 0.906. The van der Waals surface area contributed by atoms with Gasteiger partial charge in [-0.15, -0.1) is 0 Å². The molecular formula is C19H20ClNO5. The molecular weight excluding hydrogens is 358 g/mol. The van der Waals surface area contributed by atoms with Crippen LogP contribution in [0.25, 0.3) is 0 Å². The van der Waals surface area contributed by atoms with Gasteiger partial charge in [0.1, 0.15) is 12.0 Å². The fourth-order valence-corrected chi connectivity index (χ4v) is 2.39. The fourth-order valence-electron chi connectivity index (χ4n) is 2.22. The van der Waals surface area contributed by atoms with Crippen LogP contribution in [-0.2, 0) is 4.79 Å². The highest BCUT2D eigenvalue weighted by molar-refractivity contribution is 6.31. The molecule has 0 heterocycles. The van der Waals surface area contributed by atoms with Crippen molar-refractivity contribution < 1.29 is 23.8 Å². The topological polar surface area (TPSA) is 73.9 Å². The summed E-state index contributed by atoms with van der Waals surface area (Å²) >= 11 is 5.97. The molecule has 0 fully saturated rings. The van der Waals surface area contributed by atoms with Gasteiger partial charge in [-0.25, -0.2) is 0 Å². The second kappa shape index (κ2) is 9.10. The van der Waals surface area contributed by atoms with E-state index in [9.17, 15) is 9.59 Å². The number of hydrogen-bond donors (Lipinski definition) is 1. The Balaban J connectivity index is 2.14. The van der Waals surface area contributed by atoms with E-state index in [1.165, 1.54) is 7.11 Å². The van der Waals surface area contributed by atoms with E-state index in [1.807, 2.05) is 6.92 Å². The van der Waals surface area contributed by atoms with Gasteiger partial charge in [-0.05, 0) is 50.2 Å². The van der Waals surface area contributed by atoms with Crippen LogP contribution < -0.4 is 19.5 Å². The highest BCUT2D eigenvalue weighted by Gasteiger charge is 2.19. The number of ether oxygens (including phenoxy) is 3. The molecule has 0 aliphatic rings. The number of aldehydes is 1. The minimum absolute atomic E-state index is 0.373. The molecule has 0 spiro atoms. The van der Waals surface area contributed by atoms with Gasteiger partial charge in [0.15, 0.2) is 17.6 Å². The van der Waals surface area contributed by atoms with Crippen LogP contribution in [0.1, 0.15) is 24.2 Å². The van der Waals surface area contributed by atoms with E-state index in [4.69, 9.17) is 25.8 Å². The van der Waals surface area contributed by atoms with E-state index in [0.717, 1.165) is 0 Å². The zero-order valence-electron chi connectivity index (χ0n) is 14.7. The Kier molecular flexibility index (Phi) is 6.86. The van der Waals surface area contributed by atoms with Gasteiger partial charge in [-0.3, -0.25) is 9.59 Å². The van der Waals surface area contributed by atoms with Gasteiger partial charge in [0.05, 0.1) is 19.4 Å². The van der Waals surface area contributed by atoms with Crippen molar-refractivity contribution in [1.29, 1.82) is 0 Å². The maximum atomic E-state index is 12.5. The first kappa shape index (κ1) is 19.6. The molecule has 0 saturated carbocycles. The molecule has 7 heteroatoms. The highest BCUT2D eigenvalue weighted by Crippen LogP contribution is 2.30. The van der Waals surface area contributed by atoms with Crippen molar-refractivity contribution in [3.63, 3.8) is 0 Å². The van der Waals surface area contributed by atoms with Crippen molar-refractivity contribution >= 4 is 29.5 Å². The van der Waals surface area contributed by atoms with Crippen molar-refractivity contribution in [2.75, 3.05) is 19.0 Å². The van der Waals surface area contributed by atoms with Crippen LogP contribution in [0, 0.1) is 0 Å². The van der Waals surface area contributed by atoms with Gasteiger partial charge in [0.2, 0.25) is 0 Å². The first-order chi connectivity index (χ1) is 12.5. The molecule has 0 aliphatic carbocycles. The van der Waals surface area contributed by atoms with E-state index < -0.39 is 6.10 Å². The smallest absolute Gasteiger partial charge is 0.265 e. The van der Waals surface area contributed by atoms with E-state index >= 15 is 0 Å². The normalized spacial score (nSPS) is 11.4. The third-order valence-electron chi connectivity index (χ3n) is 3.50. The van der Waals surface area contributed by atoms with Gasteiger partial charge < -0.3 is 19.5 Å². The maximum Gasteiger partial charge on any atom is 0.265 e. The molecule has 0 bridgehead atoms. The lowest BCUT2D eigenvalue weighted by Gasteiger charge is -2.18. The molecule has 138 valence electrons. The summed E-state index contributed by atoms with van der Waals surface area (Å²) in [6.45, 7) is 3.83. The Labute approximate surface area is 157 Å². The molecule has 0 radical (unpaired) electrons. The molecule has 2 rings (SSSR count). The number of carbonyl (C=O) groups is 2. The first-order valence-electron chi connectivity index (χ1n) is 8.01. The van der Waals surface area contributed by atoms with Crippen molar-refractivity contribution in [1.82, 2.24) is 0 Å². The summed E-state index contributed by atoms with van der Waals surface area (Å²) in [6, 6.07) is 9.67. The van der Waals surface area contributed by atoms with Crippen LogP contribution in [0.3, 0.4) is 0 Å². The third-order valence-corrected chi connectivity index (χ3v) is 3.73. The Morgan fingerprint density at radius 2 is 1.92 bits per heavy atom. The van der Waals surface area contributed by atoms with E-state index in [2.05, 4.69) is 5.32 Å². The van der Waals surface area contributed by atoms with Gasteiger partial charge in [-0.2, -0.15) is 0 Å². The number of anilines is 1. The molecule has 6 nitrogen and oxygen atoms in total. The third kappa shape index (κ3) is 4.89. The average Bonchev–Trinajstić information content (AvgIpc) is 2.63. The summed E-state index contributed by atoms with van der Waals surface area (Å²) in [5.74, 6) is 0.878. The highest BCUT2D eigenvalue weighted by atomic mass is 35.5. The molecule has 0 unspecified atom stereocenters. The molecule has 0 saturated heterocycles. The Hall–Kier alpha value is -2.73. The Bertz CT molecular complexity index is 793. The molecule has 1 atom stereocenters. The van der Waals surface area contributed by atoms with Crippen molar-refractivity contribution in [3.05, 3.63) is 47.0 Å². The molecule has 0 aliphatic heterocycles. The monoisotopic (exact) mass is 377 g/mol. The molecule has 26 heavy (non-hydrogen) atoms. The quantitative estimate of drug-likeness (QED) is 0.705. The van der Waals surface area contributed by atoms with Crippen LogP contribution in [0.4, 0.5) is 5.69 Å². The number of hydrogen-bond acceptors (Lipinski definition) is 5. The molecule has 2 aromatic carbocycles. The SMILES string of the molecule is CCOc1cc(C=O)ccc1O[C@@H](C)C(=O)Nc1cc(Cl)ccc1OC. The summed E-state index contributed by atoms with van der Waals surface area (Å²) in [5, 5.41) is 3.20. The zero-order chi connectivity index (χ0) is 19.1. The van der Waals surface area contributed by atoms with Gasteiger partial charge in [0, 0.05) is 10.6 Å². The number of methoxy groups -OCH3 is 1. The standard InChI is InChI=1S/C19H20ClNO5/c1-4-25-18-9-13(11-22)5-7-17(18)26-12(2)19(23)21-15-10-14(20)6-8-16(15)24-3/h5-12H,4H2,1-3H3,(H,21,23)/t12-/m0/s1. The molecule has 1 N–H and O–H groups in total. The van der Waals surface area contributed by atoms with Gasteiger partial charge in [0.25, 0.3) is 5.91 Å². The van der Waals surface area contributed by atoms with Crippen LogP contribution in [0.15, 0.2) is 36.4 Å². The molecule has 0 aromatic heterocycles. The number of amides is 1. The summed E-state index contributed by atoms with van der Waals surface area (Å²) < 4.78 is 16.4. The summed E-state index contributed by atoms with van der Waals surface area (Å²) in [7, 11) is 1.50. The second-order valence-electron chi connectivity index (χ2n) is 5.35. The first-order valence-corrected chi connectivity index (χ1v) is 8.39. The lowest BCUT2D eigenvalue weighted by Crippen LogP contribution is -2.30. The average molecular weight is 378 g/mol. The lowest BCUT2D eigenvalue weighted by molar-refractivity contribution is -0.122. The predicted octanol–water partition coefficient (Wildman–Crippen LogP) is 3.97. The van der Waals surface area contributed by atoms with E-state index in [-0.39, 0.29) is 5.91 Å². The van der Waals surface area contributed by atoms with Crippen LogP contribution >= 0.6 is 11.6 Å². The Morgan fingerprint density at radius 3 is 2.58 bits per heavy atom. The largest absolute Gasteiger partial charge is 0.495 e.